The molecule has 0 bridgehead atoms. The molecule has 4 aromatic carbocycles. The van der Waals surface area contributed by atoms with Gasteiger partial charge < -0.3 is 20.1 Å². The molecule has 0 aromatic heterocycles. The summed E-state index contributed by atoms with van der Waals surface area (Å²) in [6.07, 6.45) is -1.42. The molecule has 0 aliphatic rings. The van der Waals surface area contributed by atoms with Gasteiger partial charge in [0.25, 0.3) is 11.8 Å². The van der Waals surface area contributed by atoms with Gasteiger partial charge in [0.15, 0.2) is 12.2 Å². The molecule has 0 saturated carbocycles. The molecule has 0 unspecified atom stereocenters. The van der Waals surface area contributed by atoms with Gasteiger partial charge in [-0.05, 0) is 73.5 Å². The fourth-order valence-corrected chi connectivity index (χ4v) is 4.03. The van der Waals surface area contributed by atoms with Crippen LogP contribution in [0.4, 0.5) is 11.4 Å². The molecule has 0 fully saturated rings. The zero-order chi connectivity index (χ0) is 27.1. The van der Waals surface area contributed by atoms with Crippen LogP contribution < -0.4 is 20.1 Å². The molecule has 194 valence electrons. The summed E-state index contributed by atoms with van der Waals surface area (Å²) in [7, 11) is 0. The van der Waals surface area contributed by atoms with Crippen LogP contribution in [0.1, 0.15) is 13.8 Å². The number of amides is 2. The summed E-state index contributed by atoms with van der Waals surface area (Å²) in [5.41, 5.74) is 2.52. The third-order valence-corrected chi connectivity index (χ3v) is 6.26. The number of hydrogen-bond acceptors (Lipinski definition) is 4. The van der Waals surface area contributed by atoms with Crippen molar-refractivity contribution in [2.75, 3.05) is 10.6 Å². The number of rotatable bonds is 9. The maximum atomic E-state index is 12.6. The highest BCUT2D eigenvalue weighted by atomic mass is 35.5. The molecule has 0 spiro atoms. The first-order valence-corrected chi connectivity index (χ1v) is 12.7. The van der Waals surface area contributed by atoms with Crippen LogP contribution in [0, 0.1) is 0 Å². The van der Waals surface area contributed by atoms with Gasteiger partial charge in [0.1, 0.15) is 11.5 Å². The number of carbonyl (C=O) groups is 2. The average Bonchev–Trinajstić information content (AvgIpc) is 2.92. The van der Waals surface area contributed by atoms with E-state index in [1.165, 1.54) is 0 Å². The van der Waals surface area contributed by atoms with Gasteiger partial charge in [0.05, 0.1) is 21.4 Å². The monoisotopic (exact) mass is 548 g/mol. The van der Waals surface area contributed by atoms with Crippen molar-refractivity contribution in [1.82, 2.24) is 0 Å². The van der Waals surface area contributed by atoms with E-state index in [1.54, 1.807) is 62.4 Å². The SMILES string of the molecule is C[C@@H](Oc1ccccc1)C(=O)Nc1ccc(-c2ccc(NC(=O)[C@@H](C)Oc3ccccc3)c(Cl)c2)cc1Cl. The number of anilines is 2. The molecule has 0 aliphatic heterocycles. The molecule has 4 rings (SSSR count). The van der Waals surface area contributed by atoms with Gasteiger partial charge in [0.2, 0.25) is 0 Å². The molecule has 0 saturated heterocycles. The second-order valence-corrected chi connectivity index (χ2v) is 9.33. The van der Waals surface area contributed by atoms with Crippen molar-refractivity contribution in [3.8, 4) is 22.6 Å². The minimum atomic E-state index is -0.712. The summed E-state index contributed by atoms with van der Waals surface area (Å²) in [6, 6.07) is 28.8. The predicted molar refractivity (Wildman–Crippen MR) is 152 cm³/mol. The third kappa shape index (κ3) is 7.06. The number of nitrogens with one attached hydrogen (secondary N) is 2. The molecular formula is C30H26Cl2N2O4. The molecule has 6 nitrogen and oxygen atoms in total. The summed E-state index contributed by atoms with van der Waals surface area (Å²) >= 11 is 12.9. The standard InChI is InChI=1S/C30H26Cl2N2O4/c1-19(37-23-9-5-3-6-10-23)29(35)33-27-15-13-21(17-25(27)31)22-14-16-28(26(32)18-22)34-30(36)20(2)38-24-11-7-4-8-12-24/h3-20H,1-2H3,(H,33,35)(H,34,36)/t19-,20-/m1/s1. The number of para-hydroxylation sites is 2. The smallest absolute Gasteiger partial charge is 0.265 e. The van der Waals surface area contributed by atoms with Crippen LogP contribution in [-0.2, 0) is 9.59 Å². The molecule has 4 aromatic rings. The molecular weight excluding hydrogens is 523 g/mol. The zero-order valence-electron chi connectivity index (χ0n) is 20.8. The van der Waals surface area contributed by atoms with E-state index in [0.29, 0.717) is 32.9 Å². The Kier molecular flexibility index (Phi) is 8.89. The number of carbonyl (C=O) groups excluding carboxylic acids is 2. The first-order chi connectivity index (χ1) is 18.3. The third-order valence-electron chi connectivity index (χ3n) is 5.64. The summed E-state index contributed by atoms with van der Waals surface area (Å²) in [6.45, 7) is 3.34. The largest absolute Gasteiger partial charge is 0.481 e. The van der Waals surface area contributed by atoms with Crippen LogP contribution in [0.5, 0.6) is 11.5 Å². The van der Waals surface area contributed by atoms with Crippen LogP contribution in [0.2, 0.25) is 10.0 Å². The van der Waals surface area contributed by atoms with Gasteiger partial charge in [-0.15, -0.1) is 0 Å². The lowest BCUT2D eigenvalue weighted by atomic mass is 10.0. The summed E-state index contributed by atoms with van der Waals surface area (Å²) < 4.78 is 11.3. The Morgan fingerprint density at radius 3 is 1.32 bits per heavy atom. The minimum absolute atomic E-state index is 0.322. The van der Waals surface area contributed by atoms with Gasteiger partial charge in [0, 0.05) is 0 Å². The maximum absolute atomic E-state index is 12.6. The Hall–Kier alpha value is -4.00. The Bertz CT molecular complexity index is 1310. The van der Waals surface area contributed by atoms with E-state index < -0.39 is 12.2 Å². The lowest BCUT2D eigenvalue weighted by Crippen LogP contribution is -2.30. The zero-order valence-corrected chi connectivity index (χ0v) is 22.3. The minimum Gasteiger partial charge on any atom is -0.481 e. The highest BCUT2D eigenvalue weighted by molar-refractivity contribution is 6.34. The summed E-state index contributed by atoms with van der Waals surface area (Å²) in [4.78, 5) is 25.2. The summed E-state index contributed by atoms with van der Waals surface area (Å²) in [5.74, 6) is 0.562. The molecule has 8 heteroatoms. The van der Waals surface area contributed by atoms with E-state index in [2.05, 4.69) is 10.6 Å². The van der Waals surface area contributed by atoms with E-state index in [4.69, 9.17) is 32.7 Å². The Morgan fingerprint density at radius 2 is 0.974 bits per heavy atom. The maximum Gasteiger partial charge on any atom is 0.265 e. The first-order valence-electron chi connectivity index (χ1n) is 11.9. The van der Waals surface area contributed by atoms with Gasteiger partial charge in [-0.25, -0.2) is 0 Å². The first kappa shape index (κ1) is 27.0. The van der Waals surface area contributed by atoms with E-state index in [0.717, 1.165) is 11.1 Å². The van der Waals surface area contributed by atoms with Crippen molar-refractivity contribution < 1.29 is 19.1 Å². The van der Waals surface area contributed by atoms with Crippen molar-refractivity contribution in [3.05, 3.63) is 107 Å². The normalized spacial score (nSPS) is 12.2. The van der Waals surface area contributed by atoms with Crippen molar-refractivity contribution >= 4 is 46.4 Å². The van der Waals surface area contributed by atoms with E-state index in [-0.39, 0.29) is 11.8 Å². The lowest BCUT2D eigenvalue weighted by Gasteiger charge is -2.16. The summed E-state index contributed by atoms with van der Waals surface area (Å²) in [5, 5.41) is 6.32. The van der Waals surface area contributed by atoms with Crippen LogP contribution >= 0.6 is 23.2 Å². The quantitative estimate of drug-likeness (QED) is 0.227. The lowest BCUT2D eigenvalue weighted by molar-refractivity contribution is -0.122. The second kappa shape index (κ2) is 12.5. The van der Waals surface area contributed by atoms with Gasteiger partial charge in [-0.3, -0.25) is 9.59 Å². The molecule has 2 amide bonds. The molecule has 0 heterocycles. The fourth-order valence-electron chi connectivity index (χ4n) is 3.57. The van der Waals surface area contributed by atoms with Crippen molar-refractivity contribution in [2.45, 2.75) is 26.1 Å². The fraction of sp³-hybridized carbons (Fsp3) is 0.133. The van der Waals surface area contributed by atoms with E-state index in [1.807, 2.05) is 48.5 Å². The Labute approximate surface area is 231 Å². The molecule has 0 radical (unpaired) electrons. The highest BCUT2D eigenvalue weighted by Gasteiger charge is 2.18. The van der Waals surface area contributed by atoms with Gasteiger partial charge in [-0.2, -0.15) is 0 Å². The van der Waals surface area contributed by atoms with Gasteiger partial charge >= 0.3 is 0 Å². The van der Waals surface area contributed by atoms with E-state index >= 15 is 0 Å². The molecule has 2 N–H and O–H groups in total. The second-order valence-electron chi connectivity index (χ2n) is 8.51. The number of halogens is 2. The topological polar surface area (TPSA) is 76.7 Å². The number of hydrogen-bond donors (Lipinski definition) is 2. The van der Waals surface area contributed by atoms with Crippen LogP contribution in [-0.4, -0.2) is 24.0 Å². The van der Waals surface area contributed by atoms with Crippen molar-refractivity contribution in [1.29, 1.82) is 0 Å². The van der Waals surface area contributed by atoms with Gasteiger partial charge in [-0.1, -0.05) is 71.7 Å². The van der Waals surface area contributed by atoms with Crippen molar-refractivity contribution in [2.24, 2.45) is 0 Å². The van der Waals surface area contributed by atoms with E-state index in [9.17, 15) is 9.59 Å². The average molecular weight is 549 g/mol. The molecule has 0 aliphatic carbocycles. The van der Waals surface area contributed by atoms with Crippen molar-refractivity contribution in [3.63, 3.8) is 0 Å². The number of ether oxygens (including phenoxy) is 2. The highest BCUT2D eigenvalue weighted by Crippen LogP contribution is 2.33. The molecule has 38 heavy (non-hydrogen) atoms. The van der Waals surface area contributed by atoms with Crippen LogP contribution in [0.15, 0.2) is 97.1 Å². The Balaban J connectivity index is 1.39. The Morgan fingerprint density at radius 1 is 0.605 bits per heavy atom. The molecule has 2 atom stereocenters. The van der Waals surface area contributed by atoms with Crippen LogP contribution in [0.3, 0.4) is 0 Å². The number of benzene rings is 4. The predicted octanol–water partition coefficient (Wildman–Crippen LogP) is 7.47. The van der Waals surface area contributed by atoms with Crippen LogP contribution in [0.25, 0.3) is 11.1 Å².